The van der Waals surface area contributed by atoms with Crippen LogP contribution in [0.2, 0.25) is 0 Å². The molecular formula is C25H21FNO3P. The van der Waals surface area contributed by atoms with E-state index in [-0.39, 0.29) is 5.82 Å². The molecule has 0 saturated carbocycles. The van der Waals surface area contributed by atoms with E-state index >= 15 is 0 Å². The molecule has 4 rings (SSSR count). The van der Waals surface area contributed by atoms with Crippen LogP contribution in [0, 0.1) is 5.82 Å². The lowest BCUT2D eigenvalue weighted by Gasteiger charge is -2.29. The van der Waals surface area contributed by atoms with Gasteiger partial charge in [-0.05, 0) is 54.1 Å². The Balaban J connectivity index is 1.79. The maximum Gasteiger partial charge on any atom is 0.457 e. The second-order valence-electron chi connectivity index (χ2n) is 6.81. The molecule has 0 bridgehead atoms. The first-order valence-electron chi connectivity index (χ1n) is 9.78. The first kappa shape index (κ1) is 20.7. The Morgan fingerprint density at radius 1 is 0.645 bits per heavy atom. The summed E-state index contributed by atoms with van der Waals surface area (Å²) >= 11 is 0. The highest BCUT2D eigenvalue weighted by molar-refractivity contribution is 7.55. The van der Waals surface area contributed by atoms with Gasteiger partial charge < -0.3 is 14.4 Å². The van der Waals surface area contributed by atoms with Gasteiger partial charge in [0.15, 0.2) is 5.78 Å². The minimum absolute atomic E-state index is 0.384. The maximum absolute atomic E-state index is 14.3. The number of rotatable bonds is 8. The van der Waals surface area contributed by atoms with Crippen LogP contribution in [0.3, 0.4) is 0 Å². The molecule has 0 saturated heterocycles. The zero-order chi connectivity index (χ0) is 21.5. The Hall–Kier alpha value is -3.56. The number of anilines is 1. The summed E-state index contributed by atoms with van der Waals surface area (Å²) < 4.78 is 40.0. The van der Waals surface area contributed by atoms with Crippen LogP contribution in [-0.2, 0) is 4.57 Å². The molecule has 0 spiro atoms. The average molecular weight is 433 g/mol. The van der Waals surface area contributed by atoms with Gasteiger partial charge in [-0.3, -0.25) is 0 Å². The summed E-state index contributed by atoms with van der Waals surface area (Å²) in [6, 6.07) is 32.8. The van der Waals surface area contributed by atoms with Crippen LogP contribution in [0.25, 0.3) is 0 Å². The number of hydrogen-bond acceptors (Lipinski definition) is 4. The molecule has 0 aliphatic rings. The molecule has 4 aromatic carbocycles. The summed E-state index contributed by atoms with van der Waals surface area (Å²) in [6.07, 6.45) is 0. The van der Waals surface area contributed by atoms with Crippen molar-refractivity contribution in [2.24, 2.45) is 0 Å². The van der Waals surface area contributed by atoms with E-state index in [9.17, 15) is 8.96 Å². The van der Waals surface area contributed by atoms with Crippen molar-refractivity contribution in [1.29, 1.82) is 0 Å². The normalized spacial score (nSPS) is 12.0. The molecule has 0 aliphatic carbocycles. The van der Waals surface area contributed by atoms with E-state index < -0.39 is 13.4 Å². The topological polar surface area (TPSA) is 47.6 Å². The van der Waals surface area contributed by atoms with Crippen LogP contribution >= 0.6 is 7.60 Å². The smallest absolute Gasteiger partial charge is 0.414 e. The average Bonchev–Trinajstić information content (AvgIpc) is 2.80. The lowest BCUT2D eigenvalue weighted by atomic mass is 10.2. The third-order valence-corrected chi connectivity index (χ3v) is 6.52. The first-order valence-corrected chi connectivity index (χ1v) is 11.4. The molecule has 0 unspecified atom stereocenters. The summed E-state index contributed by atoms with van der Waals surface area (Å²) in [4.78, 5) is 0. The Kier molecular flexibility index (Phi) is 6.34. The maximum atomic E-state index is 14.3. The van der Waals surface area contributed by atoms with E-state index in [1.165, 1.54) is 12.1 Å². The van der Waals surface area contributed by atoms with Crippen LogP contribution in [0.4, 0.5) is 10.1 Å². The van der Waals surface area contributed by atoms with Crippen LogP contribution in [0.5, 0.6) is 11.5 Å². The summed E-state index contributed by atoms with van der Waals surface area (Å²) in [5.74, 6) is -0.464. The van der Waals surface area contributed by atoms with E-state index in [0.29, 0.717) is 17.1 Å². The fourth-order valence-electron chi connectivity index (χ4n) is 3.06. The first-order chi connectivity index (χ1) is 15.1. The number of hydrogen-bond donors (Lipinski definition) is 1. The van der Waals surface area contributed by atoms with Crippen LogP contribution < -0.4 is 14.4 Å². The Morgan fingerprint density at radius 3 is 1.58 bits per heavy atom. The number of para-hydroxylation sites is 3. The van der Waals surface area contributed by atoms with Gasteiger partial charge in [-0.1, -0.05) is 66.7 Å². The third kappa shape index (κ3) is 5.33. The molecule has 6 heteroatoms. The van der Waals surface area contributed by atoms with E-state index in [1.807, 2.05) is 42.5 Å². The monoisotopic (exact) mass is 433 g/mol. The van der Waals surface area contributed by atoms with Gasteiger partial charge in [0.1, 0.15) is 17.3 Å². The summed E-state index contributed by atoms with van der Waals surface area (Å²) in [5.41, 5.74) is 1.30. The van der Waals surface area contributed by atoms with Crippen molar-refractivity contribution in [2.75, 3.05) is 5.32 Å². The van der Waals surface area contributed by atoms with Crippen molar-refractivity contribution >= 4 is 13.3 Å². The second kappa shape index (κ2) is 9.50. The standard InChI is InChI=1S/C25H21FNO3P/c26-21-18-16-20(17-19-21)25(27-22-10-4-1-5-11-22)31(28,29-23-12-6-2-7-13-23)30-24-14-8-3-9-15-24/h1-19,25,27H/t25-/m0/s1. The van der Waals surface area contributed by atoms with Gasteiger partial charge in [0.25, 0.3) is 0 Å². The Labute approximate surface area is 180 Å². The van der Waals surface area contributed by atoms with Crippen molar-refractivity contribution in [3.05, 3.63) is 127 Å². The zero-order valence-corrected chi connectivity index (χ0v) is 17.5. The molecule has 4 nitrogen and oxygen atoms in total. The number of halogens is 1. The van der Waals surface area contributed by atoms with Gasteiger partial charge in [0, 0.05) is 5.69 Å². The minimum Gasteiger partial charge on any atom is -0.414 e. The van der Waals surface area contributed by atoms with Gasteiger partial charge in [0.2, 0.25) is 0 Å². The van der Waals surface area contributed by atoms with Gasteiger partial charge in [0.05, 0.1) is 0 Å². The molecule has 156 valence electrons. The van der Waals surface area contributed by atoms with E-state index in [4.69, 9.17) is 9.05 Å². The van der Waals surface area contributed by atoms with Crippen LogP contribution in [0.1, 0.15) is 11.3 Å². The third-order valence-electron chi connectivity index (χ3n) is 4.53. The molecule has 31 heavy (non-hydrogen) atoms. The van der Waals surface area contributed by atoms with Crippen molar-refractivity contribution in [1.82, 2.24) is 0 Å². The molecule has 1 atom stereocenters. The Morgan fingerprint density at radius 2 is 1.10 bits per heavy atom. The molecule has 1 N–H and O–H groups in total. The highest BCUT2D eigenvalue weighted by Crippen LogP contribution is 2.60. The summed E-state index contributed by atoms with van der Waals surface area (Å²) in [7, 11) is -3.91. The molecule has 4 aromatic rings. The van der Waals surface area contributed by atoms with Crippen LogP contribution in [0.15, 0.2) is 115 Å². The van der Waals surface area contributed by atoms with Gasteiger partial charge in [-0.2, -0.15) is 0 Å². The molecule has 0 amide bonds. The SMILES string of the molecule is O=P(Oc1ccccc1)(Oc1ccccc1)[C@H](Nc1ccccc1)c1ccc(F)cc1. The Bertz CT molecular complexity index is 1090. The molecule has 0 radical (unpaired) electrons. The highest BCUT2D eigenvalue weighted by atomic mass is 31.2. The lowest BCUT2D eigenvalue weighted by Crippen LogP contribution is -2.18. The molecular weight excluding hydrogens is 412 g/mol. The number of benzene rings is 4. The van der Waals surface area contributed by atoms with E-state index in [2.05, 4.69) is 5.32 Å². The summed E-state index contributed by atoms with van der Waals surface area (Å²) in [6.45, 7) is 0. The fourth-order valence-corrected chi connectivity index (χ4v) is 4.99. The highest BCUT2D eigenvalue weighted by Gasteiger charge is 2.41. The quantitative estimate of drug-likeness (QED) is 0.297. The minimum atomic E-state index is -3.91. The van der Waals surface area contributed by atoms with Crippen LogP contribution in [-0.4, -0.2) is 0 Å². The zero-order valence-electron chi connectivity index (χ0n) is 16.6. The molecule has 0 heterocycles. The molecule has 0 aromatic heterocycles. The summed E-state index contributed by atoms with van der Waals surface area (Å²) in [5, 5.41) is 3.26. The van der Waals surface area contributed by atoms with Gasteiger partial charge in [-0.15, -0.1) is 0 Å². The lowest BCUT2D eigenvalue weighted by molar-refractivity contribution is 0.376. The largest absolute Gasteiger partial charge is 0.457 e. The fraction of sp³-hybridized carbons (Fsp3) is 0.0400. The molecule has 0 fully saturated rings. The van der Waals surface area contributed by atoms with Crippen molar-refractivity contribution < 1.29 is 18.0 Å². The van der Waals surface area contributed by atoms with Crippen molar-refractivity contribution in [3.63, 3.8) is 0 Å². The predicted octanol–water partition coefficient (Wildman–Crippen LogP) is 7.29. The predicted molar refractivity (Wildman–Crippen MR) is 121 cm³/mol. The molecule has 0 aliphatic heterocycles. The van der Waals surface area contributed by atoms with Gasteiger partial charge in [-0.25, -0.2) is 8.96 Å². The second-order valence-corrected chi connectivity index (χ2v) is 8.77. The van der Waals surface area contributed by atoms with Gasteiger partial charge >= 0.3 is 7.60 Å². The van der Waals surface area contributed by atoms with Crippen molar-refractivity contribution in [3.8, 4) is 11.5 Å². The number of nitrogens with one attached hydrogen (secondary N) is 1. The van der Waals surface area contributed by atoms with E-state index in [1.54, 1.807) is 60.7 Å². The van der Waals surface area contributed by atoms with Crippen molar-refractivity contribution in [2.45, 2.75) is 5.78 Å². The van der Waals surface area contributed by atoms with E-state index in [0.717, 1.165) is 5.69 Å².